The van der Waals surface area contributed by atoms with Gasteiger partial charge in [0.15, 0.2) is 0 Å². The predicted molar refractivity (Wildman–Crippen MR) is 49.7 cm³/mol. The third kappa shape index (κ3) is 4.34. The van der Waals surface area contributed by atoms with E-state index in [0.717, 1.165) is 0 Å². The van der Waals surface area contributed by atoms with Gasteiger partial charge in [0.25, 0.3) is 0 Å². The van der Waals surface area contributed by atoms with Crippen molar-refractivity contribution in [3.8, 4) is 0 Å². The van der Waals surface area contributed by atoms with E-state index in [2.05, 4.69) is 39.0 Å². The number of hydrogen-bond donors (Lipinski definition) is 0. The molecule has 0 aliphatic heterocycles. The summed E-state index contributed by atoms with van der Waals surface area (Å²) in [5, 5.41) is 0. The first-order chi connectivity index (χ1) is 4.61. The van der Waals surface area contributed by atoms with Gasteiger partial charge in [0.05, 0.1) is 0 Å². The molecule has 0 aliphatic rings. The second kappa shape index (κ2) is 5.84. The van der Waals surface area contributed by atoms with E-state index < -0.39 is 0 Å². The Labute approximate surface area is 97.3 Å². The Hall–Kier alpha value is 0.276. The molecule has 0 radical (unpaired) electrons. The molecule has 1 aromatic carbocycles. The van der Waals surface area contributed by atoms with E-state index >= 15 is 0 Å². The van der Waals surface area contributed by atoms with Gasteiger partial charge in [-0.05, 0) is 5.41 Å². The first-order valence-electron chi connectivity index (χ1n) is 3.57. The van der Waals surface area contributed by atoms with Crippen LogP contribution in [0.15, 0.2) is 24.3 Å². The molecule has 0 bridgehead atoms. The van der Waals surface area contributed by atoms with Crippen LogP contribution in [0.1, 0.15) is 26.3 Å². The molecule has 0 N–H and O–H groups in total. The second-order valence-electron chi connectivity index (χ2n) is 3.54. The van der Waals surface area contributed by atoms with Crippen LogP contribution in [0.4, 0.5) is 0 Å². The molecule has 0 spiro atoms. The molecule has 62 valence electrons. The van der Waals surface area contributed by atoms with Gasteiger partial charge in [-0.2, -0.15) is 35.9 Å². The Morgan fingerprint density at radius 1 is 1.08 bits per heavy atom. The standard InChI is InChI=1S/C10H13.ClH.Mg/c1-10(2,3)9-7-5-4-6-8-9;;/h5-8H,1-3H3;1H;/q-1;;+2/p-1. The topological polar surface area (TPSA) is 0 Å². The van der Waals surface area contributed by atoms with Crippen LogP contribution in [0.2, 0.25) is 0 Å². The minimum absolute atomic E-state index is 0. The van der Waals surface area contributed by atoms with E-state index in [1.54, 1.807) is 0 Å². The molecule has 1 aromatic rings. The molecule has 0 aromatic heterocycles. The maximum Gasteiger partial charge on any atom is 2.00 e. The van der Waals surface area contributed by atoms with Crippen molar-refractivity contribution in [2.45, 2.75) is 26.2 Å². The van der Waals surface area contributed by atoms with E-state index in [1.807, 2.05) is 12.1 Å². The molecule has 0 amide bonds. The van der Waals surface area contributed by atoms with Crippen molar-refractivity contribution in [1.82, 2.24) is 0 Å². The average molecular weight is 193 g/mol. The quantitative estimate of drug-likeness (QED) is 0.381. The van der Waals surface area contributed by atoms with E-state index in [0.29, 0.717) is 0 Å². The van der Waals surface area contributed by atoms with Crippen molar-refractivity contribution in [2.24, 2.45) is 0 Å². The first-order valence-corrected chi connectivity index (χ1v) is 3.57. The van der Waals surface area contributed by atoms with E-state index in [4.69, 9.17) is 0 Å². The molecule has 0 heterocycles. The largest absolute Gasteiger partial charge is 2.00 e. The minimum atomic E-state index is 0. The molecule has 0 unspecified atom stereocenters. The smallest absolute Gasteiger partial charge is 1.00 e. The summed E-state index contributed by atoms with van der Waals surface area (Å²) < 4.78 is 0. The Morgan fingerprint density at radius 2 is 1.50 bits per heavy atom. The van der Waals surface area contributed by atoms with Gasteiger partial charge in [0.2, 0.25) is 0 Å². The third-order valence-electron chi connectivity index (χ3n) is 1.58. The Morgan fingerprint density at radius 3 is 1.75 bits per heavy atom. The Kier molecular flexibility index (Phi) is 7.20. The molecule has 0 atom stereocenters. The zero-order chi connectivity index (χ0) is 7.61. The average Bonchev–Trinajstić information content (AvgIpc) is 1.88. The first kappa shape index (κ1) is 14.8. The zero-order valence-electron chi connectivity index (χ0n) is 7.89. The van der Waals surface area contributed by atoms with Gasteiger partial charge >= 0.3 is 23.1 Å². The van der Waals surface area contributed by atoms with Crippen LogP contribution in [0.25, 0.3) is 0 Å². The maximum absolute atomic E-state index is 3.00. The van der Waals surface area contributed by atoms with E-state index in [1.165, 1.54) is 5.56 Å². The van der Waals surface area contributed by atoms with Crippen LogP contribution < -0.4 is 12.4 Å². The fourth-order valence-electron chi connectivity index (χ4n) is 0.887. The summed E-state index contributed by atoms with van der Waals surface area (Å²) in [6.07, 6.45) is 0. The van der Waals surface area contributed by atoms with Crippen LogP contribution in [-0.2, 0) is 5.41 Å². The van der Waals surface area contributed by atoms with Crippen molar-refractivity contribution < 1.29 is 12.4 Å². The van der Waals surface area contributed by atoms with Crippen molar-refractivity contribution in [3.63, 3.8) is 0 Å². The van der Waals surface area contributed by atoms with Crippen LogP contribution in [0.5, 0.6) is 0 Å². The maximum atomic E-state index is 3.00. The summed E-state index contributed by atoms with van der Waals surface area (Å²) in [6.45, 7) is 6.63. The monoisotopic (exact) mass is 192 g/mol. The van der Waals surface area contributed by atoms with Crippen molar-refractivity contribution in [1.29, 1.82) is 0 Å². The van der Waals surface area contributed by atoms with Crippen molar-refractivity contribution in [2.75, 3.05) is 0 Å². The van der Waals surface area contributed by atoms with Crippen LogP contribution in [-0.4, -0.2) is 23.1 Å². The Bertz CT molecular complexity index is 201. The fourth-order valence-corrected chi connectivity index (χ4v) is 0.887. The molecular formula is C10H13ClMg. The van der Waals surface area contributed by atoms with Gasteiger partial charge in [0, 0.05) is 0 Å². The van der Waals surface area contributed by atoms with E-state index in [-0.39, 0.29) is 40.9 Å². The summed E-state index contributed by atoms with van der Waals surface area (Å²) in [7, 11) is 0. The second-order valence-corrected chi connectivity index (χ2v) is 3.54. The summed E-state index contributed by atoms with van der Waals surface area (Å²) >= 11 is 0. The summed E-state index contributed by atoms with van der Waals surface area (Å²) in [6, 6.07) is 11.1. The van der Waals surface area contributed by atoms with Crippen LogP contribution >= 0.6 is 0 Å². The molecule has 0 saturated carbocycles. The molecule has 0 saturated heterocycles. The molecule has 0 nitrogen and oxygen atoms in total. The molecule has 0 aliphatic carbocycles. The minimum Gasteiger partial charge on any atom is -1.00 e. The molecular weight excluding hydrogens is 180 g/mol. The molecule has 1 rings (SSSR count). The number of halogens is 1. The normalized spacial score (nSPS) is 9.58. The van der Waals surface area contributed by atoms with Crippen LogP contribution in [0.3, 0.4) is 0 Å². The van der Waals surface area contributed by atoms with Gasteiger partial charge in [-0.3, -0.25) is 0 Å². The zero-order valence-corrected chi connectivity index (χ0v) is 10.1. The number of benzene rings is 1. The van der Waals surface area contributed by atoms with Crippen LogP contribution in [0, 0.1) is 6.07 Å². The Balaban J connectivity index is 0. The van der Waals surface area contributed by atoms with Crippen molar-refractivity contribution >= 4 is 23.1 Å². The molecule has 0 fully saturated rings. The van der Waals surface area contributed by atoms with Gasteiger partial charge in [0.1, 0.15) is 0 Å². The van der Waals surface area contributed by atoms with Gasteiger partial charge in [-0.25, -0.2) is 0 Å². The third-order valence-corrected chi connectivity index (χ3v) is 1.58. The van der Waals surface area contributed by atoms with Gasteiger partial charge < -0.3 is 12.4 Å². The summed E-state index contributed by atoms with van der Waals surface area (Å²) in [5.41, 5.74) is 1.64. The number of hydrogen-bond acceptors (Lipinski definition) is 0. The van der Waals surface area contributed by atoms with Gasteiger partial charge in [-0.1, -0.05) is 20.8 Å². The SMILES string of the molecule is CC(C)(C)c1cc[c-]cc1.[Cl-].[Mg+2]. The summed E-state index contributed by atoms with van der Waals surface area (Å²) in [5.74, 6) is 0. The molecule has 12 heavy (non-hydrogen) atoms. The number of rotatable bonds is 0. The fraction of sp³-hybridized carbons (Fsp3) is 0.400. The van der Waals surface area contributed by atoms with Crippen molar-refractivity contribution in [3.05, 3.63) is 35.9 Å². The summed E-state index contributed by atoms with van der Waals surface area (Å²) in [4.78, 5) is 0. The van der Waals surface area contributed by atoms with Gasteiger partial charge in [-0.15, -0.1) is 0 Å². The van der Waals surface area contributed by atoms with E-state index in [9.17, 15) is 0 Å². The molecule has 2 heteroatoms. The predicted octanol–water partition coefficient (Wildman–Crippen LogP) is -0.593.